The molecule has 0 aliphatic rings. The molecule has 0 amide bonds. The largest absolute Gasteiger partial charge is 0.455 e. The molecule has 13 rings (SSSR count). The summed E-state index contributed by atoms with van der Waals surface area (Å²) >= 11 is 0. The lowest BCUT2D eigenvalue weighted by atomic mass is 9.98. The van der Waals surface area contributed by atoms with Crippen LogP contribution in [0.15, 0.2) is 205 Å². The molecule has 4 aromatic heterocycles. The molecule has 284 valence electrons. The van der Waals surface area contributed by atoms with E-state index < -0.39 is 0 Å². The molecule has 4 heterocycles. The van der Waals surface area contributed by atoms with E-state index >= 15 is 0 Å². The summed E-state index contributed by atoms with van der Waals surface area (Å²) in [5.74, 6) is 1.80. The highest BCUT2D eigenvalue weighted by Gasteiger charge is 2.23. The van der Waals surface area contributed by atoms with E-state index in [1.165, 1.54) is 21.5 Å². The number of hydrogen-bond donors (Lipinski definition) is 0. The van der Waals surface area contributed by atoms with Crippen molar-refractivity contribution in [2.45, 2.75) is 0 Å². The number of benzene rings is 9. The zero-order chi connectivity index (χ0) is 40.0. The van der Waals surface area contributed by atoms with Crippen molar-refractivity contribution in [2.75, 3.05) is 0 Å². The quantitative estimate of drug-likeness (QED) is 0.175. The van der Waals surface area contributed by atoms with Gasteiger partial charge >= 0.3 is 0 Å². The van der Waals surface area contributed by atoms with E-state index in [1.54, 1.807) is 0 Å². The summed E-state index contributed by atoms with van der Waals surface area (Å²) in [6.07, 6.45) is 0. The van der Waals surface area contributed by atoms with Crippen LogP contribution in [0.4, 0.5) is 0 Å². The Morgan fingerprint density at radius 1 is 0.344 bits per heavy atom. The first-order chi connectivity index (χ1) is 30.2. The summed E-state index contributed by atoms with van der Waals surface area (Å²) < 4.78 is 11.3. The van der Waals surface area contributed by atoms with E-state index in [4.69, 9.17) is 19.4 Å². The van der Waals surface area contributed by atoms with E-state index in [0.29, 0.717) is 17.6 Å². The van der Waals surface area contributed by atoms with Crippen molar-refractivity contribution < 1.29 is 4.42 Å². The minimum Gasteiger partial charge on any atom is -0.455 e. The first kappa shape index (κ1) is 33.6. The third-order valence-electron chi connectivity index (χ3n) is 12.1. The lowest BCUT2D eigenvalue weighted by Gasteiger charge is -2.13. The second-order valence-corrected chi connectivity index (χ2v) is 15.6. The molecule has 0 unspecified atom stereocenters. The van der Waals surface area contributed by atoms with Crippen LogP contribution >= 0.6 is 0 Å². The van der Waals surface area contributed by atoms with Crippen LogP contribution in [0.3, 0.4) is 0 Å². The number of furan rings is 1. The number of fused-ring (bicyclic) bond motifs is 10. The van der Waals surface area contributed by atoms with Crippen molar-refractivity contribution in [2.24, 2.45) is 0 Å². The lowest BCUT2D eigenvalue weighted by molar-refractivity contribution is 0.670. The van der Waals surface area contributed by atoms with Crippen molar-refractivity contribution in [3.8, 4) is 45.5 Å². The molecule has 0 radical (unpaired) electrons. The minimum absolute atomic E-state index is 0.561. The van der Waals surface area contributed by atoms with E-state index in [9.17, 15) is 0 Å². The smallest absolute Gasteiger partial charge is 0.238 e. The van der Waals surface area contributed by atoms with Crippen molar-refractivity contribution in [3.05, 3.63) is 200 Å². The Bertz CT molecular complexity index is 3820. The fourth-order valence-electron chi connectivity index (χ4n) is 9.33. The van der Waals surface area contributed by atoms with Crippen molar-refractivity contribution in [1.29, 1.82) is 0 Å². The highest BCUT2D eigenvalue weighted by atomic mass is 16.3. The number of hydrogen-bond acceptors (Lipinski definition) is 4. The maximum absolute atomic E-state index is 6.70. The summed E-state index contributed by atoms with van der Waals surface area (Å²) in [5, 5.41) is 9.15. The van der Waals surface area contributed by atoms with Crippen LogP contribution in [0.1, 0.15) is 0 Å². The van der Waals surface area contributed by atoms with E-state index in [2.05, 4.69) is 143 Å². The molecule has 13 aromatic rings. The van der Waals surface area contributed by atoms with Crippen LogP contribution in [-0.2, 0) is 0 Å². The molecule has 0 bridgehead atoms. The standard InChI is InChI=1S/C55H33N5O/c1-3-16-35(17-4-1)53-56-54(36-18-5-2-6-19-36)58-55(57-53)60-48-25-13-10-22-41(48)45-32-44-40-21-9-12-24-47(40)59(49(44)33-50(45)60)39-30-43(38-28-27-34-15-7-8-20-37(34)29-38)52-46(31-39)42-23-11-14-26-51(42)61-52/h1-33H. The monoisotopic (exact) mass is 779 g/mol. The Hall–Kier alpha value is -8.35. The van der Waals surface area contributed by atoms with Crippen molar-refractivity contribution >= 4 is 76.3 Å². The SMILES string of the molecule is c1ccc(-c2nc(-c3ccccc3)nc(-n3c4ccccc4c4cc5c6ccccc6n(-c6cc(-c7ccc8ccccc8c7)c7oc8ccccc8c7c6)c5cc43)n2)cc1. The van der Waals surface area contributed by atoms with Gasteiger partial charge in [-0.3, -0.25) is 4.57 Å². The van der Waals surface area contributed by atoms with Crippen LogP contribution < -0.4 is 0 Å². The molecule has 0 saturated carbocycles. The normalized spacial score (nSPS) is 11.9. The maximum atomic E-state index is 6.70. The van der Waals surface area contributed by atoms with Gasteiger partial charge in [-0.05, 0) is 64.9 Å². The molecule has 6 heteroatoms. The second kappa shape index (κ2) is 13.1. The topological polar surface area (TPSA) is 61.7 Å². The summed E-state index contributed by atoms with van der Waals surface area (Å²) in [5.41, 5.74) is 11.0. The minimum atomic E-state index is 0.561. The van der Waals surface area contributed by atoms with Gasteiger partial charge < -0.3 is 8.98 Å². The second-order valence-electron chi connectivity index (χ2n) is 15.6. The van der Waals surface area contributed by atoms with Gasteiger partial charge in [0, 0.05) is 54.7 Å². The van der Waals surface area contributed by atoms with Crippen molar-refractivity contribution in [1.82, 2.24) is 24.1 Å². The van der Waals surface area contributed by atoms with Crippen LogP contribution in [0.2, 0.25) is 0 Å². The summed E-state index contributed by atoms with van der Waals surface area (Å²) in [7, 11) is 0. The van der Waals surface area contributed by atoms with Gasteiger partial charge in [0.25, 0.3) is 0 Å². The Morgan fingerprint density at radius 2 is 0.918 bits per heavy atom. The molecule has 0 aliphatic heterocycles. The third-order valence-corrected chi connectivity index (χ3v) is 12.1. The molecule has 0 N–H and O–H groups in total. The summed E-state index contributed by atoms with van der Waals surface area (Å²) in [6, 6.07) is 70.4. The molecule has 0 aliphatic carbocycles. The Labute approximate surface area is 349 Å². The summed E-state index contributed by atoms with van der Waals surface area (Å²) in [6.45, 7) is 0. The Balaban J connectivity index is 1.13. The first-order valence-electron chi connectivity index (χ1n) is 20.5. The van der Waals surface area contributed by atoms with E-state index in [1.807, 2.05) is 66.7 Å². The first-order valence-corrected chi connectivity index (χ1v) is 20.5. The fraction of sp³-hybridized carbons (Fsp3) is 0. The fourth-order valence-corrected chi connectivity index (χ4v) is 9.33. The maximum Gasteiger partial charge on any atom is 0.238 e. The van der Waals surface area contributed by atoms with Crippen LogP contribution in [0.5, 0.6) is 0 Å². The highest BCUT2D eigenvalue weighted by Crippen LogP contribution is 2.43. The molecule has 0 atom stereocenters. The molecule has 9 aromatic carbocycles. The number of aromatic nitrogens is 5. The van der Waals surface area contributed by atoms with E-state index in [-0.39, 0.29) is 0 Å². The molecule has 6 nitrogen and oxygen atoms in total. The van der Waals surface area contributed by atoms with Gasteiger partial charge in [0.1, 0.15) is 11.2 Å². The average Bonchev–Trinajstić information content (AvgIpc) is 3.98. The van der Waals surface area contributed by atoms with Gasteiger partial charge in [-0.1, -0.05) is 152 Å². The van der Waals surface area contributed by atoms with Gasteiger partial charge in [0.2, 0.25) is 5.95 Å². The predicted octanol–water partition coefficient (Wildman–Crippen LogP) is 14.1. The zero-order valence-corrected chi connectivity index (χ0v) is 32.7. The van der Waals surface area contributed by atoms with Crippen molar-refractivity contribution in [3.63, 3.8) is 0 Å². The summed E-state index contributed by atoms with van der Waals surface area (Å²) in [4.78, 5) is 15.5. The Kier molecular flexibility index (Phi) is 7.21. The van der Waals surface area contributed by atoms with Crippen LogP contribution in [0, 0.1) is 0 Å². The van der Waals surface area contributed by atoms with Gasteiger partial charge in [-0.25, -0.2) is 4.98 Å². The highest BCUT2D eigenvalue weighted by molar-refractivity contribution is 6.19. The van der Waals surface area contributed by atoms with Gasteiger partial charge in [-0.2, -0.15) is 9.97 Å². The average molecular weight is 780 g/mol. The molecular formula is C55H33N5O. The molecule has 0 fully saturated rings. The van der Waals surface area contributed by atoms with Crippen LogP contribution in [-0.4, -0.2) is 24.1 Å². The van der Waals surface area contributed by atoms with Gasteiger partial charge in [-0.15, -0.1) is 0 Å². The Morgan fingerprint density at radius 3 is 1.62 bits per heavy atom. The van der Waals surface area contributed by atoms with E-state index in [0.717, 1.165) is 82.7 Å². The third kappa shape index (κ3) is 5.19. The molecule has 0 saturated heterocycles. The molecule has 0 spiro atoms. The number of nitrogens with zero attached hydrogens (tertiary/aromatic N) is 5. The number of rotatable bonds is 5. The zero-order valence-electron chi connectivity index (χ0n) is 32.7. The molecule has 61 heavy (non-hydrogen) atoms. The number of para-hydroxylation sites is 3. The van der Waals surface area contributed by atoms with Gasteiger partial charge in [0.15, 0.2) is 11.6 Å². The molecular weight excluding hydrogens is 747 g/mol. The lowest BCUT2D eigenvalue weighted by Crippen LogP contribution is -2.06. The van der Waals surface area contributed by atoms with Gasteiger partial charge in [0.05, 0.1) is 22.1 Å². The predicted molar refractivity (Wildman–Crippen MR) is 250 cm³/mol. The van der Waals surface area contributed by atoms with Crippen LogP contribution in [0.25, 0.3) is 122 Å².